The van der Waals surface area contributed by atoms with E-state index in [4.69, 9.17) is 0 Å². The first-order valence-corrected chi connectivity index (χ1v) is 10.3. The van der Waals surface area contributed by atoms with Crippen LogP contribution in [0.4, 0.5) is 4.39 Å². The summed E-state index contributed by atoms with van der Waals surface area (Å²) in [5, 5.41) is 2.21. The Hall–Kier alpha value is -2.17. The molecule has 0 radical (unpaired) electrons. The fourth-order valence-corrected chi connectivity index (χ4v) is 4.69. The first kappa shape index (κ1) is 18.2. The van der Waals surface area contributed by atoms with Crippen LogP contribution in [0.1, 0.15) is 29.9 Å². The van der Waals surface area contributed by atoms with Crippen LogP contribution >= 0.6 is 0 Å². The fourth-order valence-electron chi connectivity index (χ4n) is 4.08. The van der Waals surface area contributed by atoms with E-state index in [2.05, 4.69) is 29.2 Å². The van der Waals surface area contributed by atoms with Crippen molar-refractivity contribution in [1.29, 1.82) is 0 Å². The van der Waals surface area contributed by atoms with Gasteiger partial charge in [0.25, 0.3) is 4.90 Å². The Bertz CT molecular complexity index is 933. The topological polar surface area (TPSA) is 20.3 Å². The fraction of sp³-hybridized carbons (Fsp3) is 0.304. The molecule has 0 atom stereocenters. The van der Waals surface area contributed by atoms with E-state index < -0.39 is 0 Å². The van der Waals surface area contributed by atoms with Gasteiger partial charge in [-0.3, -0.25) is 0 Å². The number of hydrogen-bond donors (Lipinski definition) is 0. The maximum atomic E-state index is 13.0. The van der Waals surface area contributed by atoms with Crippen LogP contribution in [-0.2, 0) is 22.3 Å². The third-order valence-corrected chi connectivity index (χ3v) is 6.27. The highest BCUT2D eigenvalue weighted by Crippen LogP contribution is 2.34. The van der Waals surface area contributed by atoms with E-state index in [-0.39, 0.29) is 5.82 Å². The predicted molar refractivity (Wildman–Crippen MR) is 109 cm³/mol. The quantitative estimate of drug-likeness (QED) is 0.568. The van der Waals surface area contributed by atoms with E-state index in [9.17, 15) is 8.60 Å². The molecule has 1 heterocycles. The second kappa shape index (κ2) is 8.24. The number of halogens is 1. The minimum atomic E-state index is -0.179. The number of piperidine rings is 1. The molecule has 0 bridgehead atoms. The third kappa shape index (κ3) is 4.07. The van der Waals surface area contributed by atoms with Gasteiger partial charge in [0.15, 0.2) is 0 Å². The molecule has 1 saturated heterocycles. The smallest absolute Gasteiger partial charge is 0.303 e. The average Bonchev–Trinajstić information content (AvgIpc) is 2.73. The Morgan fingerprint density at radius 3 is 2.44 bits per heavy atom. The highest BCUT2D eigenvalue weighted by Gasteiger charge is 2.28. The average molecular weight is 381 g/mol. The zero-order valence-corrected chi connectivity index (χ0v) is 16.1. The largest absolute Gasteiger partial charge is 0.506 e. The maximum absolute atomic E-state index is 13.0. The molecule has 27 heavy (non-hydrogen) atoms. The van der Waals surface area contributed by atoms with Gasteiger partial charge in [-0.25, -0.2) is 4.39 Å². The molecule has 0 amide bonds. The Kier molecular flexibility index (Phi) is 5.55. The van der Waals surface area contributed by atoms with E-state index >= 15 is 0 Å². The minimum absolute atomic E-state index is 0.179. The van der Waals surface area contributed by atoms with Crippen LogP contribution in [0.15, 0.2) is 65.6 Å². The summed E-state index contributed by atoms with van der Waals surface area (Å²) >= 11 is 0.634. The SMILES string of the molecule is O=[S+]c1c(C2CCN(CCc3ccc(F)cc3)CC2)ccc2ccccc12. The number of rotatable bonds is 5. The van der Waals surface area contributed by atoms with Crippen molar-refractivity contribution in [3.8, 4) is 0 Å². The van der Waals surface area contributed by atoms with Crippen molar-refractivity contribution in [2.24, 2.45) is 0 Å². The first-order chi connectivity index (χ1) is 13.2. The molecular weight excluding hydrogens is 357 g/mol. The summed E-state index contributed by atoms with van der Waals surface area (Å²) in [4.78, 5) is 3.38. The Labute approximate surface area is 163 Å². The van der Waals surface area contributed by atoms with Gasteiger partial charge in [-0.15, -0.1) is 0 Å². The molecule has 0 spiro atoms. The van der Waals surface area contributed by atoms with E-state index in [1.807, 2.05) is 24.3 Å². The van der Waals surface area contributed by atoms with Crippen LogP contribution in [0.3, 0.4) is 0 Å². The van der Waals surface area contributed by atoms with Gasteiger partial charge >= 0.3 is 11.7 Å². The van der Waals surface area contributed by atoms with Gasteiger partial charge < -0.3 is 4.90 Å². The van der Waals surface area contributed by atoms with E-state index in [0.717, 1.165) is 54.6 Å². The summed E-state index contributed by atoms with van der Waals surface area (Å²) < 4.78 is 24.8. The lowest BCUT2D eigenvalue weighted by atomic mass is 9.88. The monoisotopic (exact) mass is 380 g/mol. The summed E-state index contributed by atoms with van der Waals surface area (Å²) in [7, 11) is 0. The molecule has 0 unspecified atom stereocenters. The van der Waals surface area contributed by atoms with Crippen LogP contribution in [-0.4, -0.2) is 24.5 Å². The molecule has 0 saturated carbocycles. The standard InChI is InChI=1S/C23H23FNOS/c24-20-8-5-17(6-9-20)11-14-25-15-12-19(13-16-25)22-10-7-18-3-1-2-4-21(18)23(22)27-26/h1-10,19H,11-16H2/q+1. The summed E-state index contributed by atoms with van der Waals surface area (Å²) in [6.07, 6.45) is 3.10. The summed E-state index contributed by atoms with van der Waals surface area (Å²) in [5.41, 5.74) is 2.39. The van der Waals surface area contributed by atoms with Crippen LogP contribution in [0.25, 0.3) is 10.8 Å². The number of hydrogen-bond acceptors (Lipinski definition) is 2. The van der Waals surface area contributed by atoms with Crippen LogP contribution in [0.2, 0.25) is 0 Å². The lowest BCUT2D eigenvalue weighted by Gasteiger charge is -2.31. The minimum Gasteiger partial charge on any atom is -0.303 e. The molecular formula is C23H23FNOS+. The predicted octanol–water partition coefficient (Wildman–Crippen LogP) is 5.19. The zero-order valence-electron chi connectivity index (χ0n) is 15.2. The molecule has 138 valence electrons. The lowest BCUT2D eigenvalue weighted by Crippen LogP contribution is -2.34. The van der Waals surface area contributed by atoms with E-state index in [0.29, 0.717) is 17.6 Å². The molecule has 3 aromatic rings. The molecule has 2 nitrogen and oxygen atoms in total. The normalized spacial score (nSPS) is 15.9. The van der Waals surface area contributed by atoms with Gasteiger partial charge in [0, 0.05) is 16.3 Å². The van der Waals surface area contributed by atoms with E-state index in [1.165, 1.54) is 23.3 Å². The number of nitrogens with zero attached hydrogens (tertiary/aromatic N) is 1. The van der Waals surface area contributed by atoms with Crippen molar-refractivity contribution in [3.63, 3.8) is 0 Å². The highest BCUT2D eigenvalue weighted by atomic mass is 32.1. The third-order valence-electron chi connectivity index (χ3n) is 5.65. The number of likely N-dealkylation sites (tertiary alicyclic amines) is 1. The second-order valence-corrected chi connectivity index (χ2v) is 7.86. The molecule has 1 fully saturated rings. The first-order valence-electron chi connectivity index (χ1n) is 9.53. The van der Waals surface area contributed by atoms with Gasteiger partial charge in [0.1, 0.15) is 5.82 Å². The Balaban J connectivity index is 1.41. The van der Waals surface area contributed by atoms with Crippen LogP contribution in [0.5, 0.6) is 0 Å². The second-order valence-electron chi connectivity index (χ2n) is 7.28. The van der Waals surface area contributed by atoms with Crippen LogP contribution in [0, 0.1) is 5.82 Å². The van der Waals surface area contributed by atoms with Crippen molar-refractivity contribution < 1.29 is 8.60 Å². The lowest BCUT2D eigenvalue weighted by molar-refractivity contribution is 0.214. The highest BCUT2D eigenvalue weighted by molar-refractivity contribution is 7.66. The van der Waals surface area contributed by atoms with Crippen molar-refractivity contribution in [1.82, 2.24) is 4.90 Å². The van der Waals surface area contributed by atoms with Gasteiger partial charge in [-0.05, 0) is 67.4 Å². The molecule has 1 aliphatic heterocycles. The van der Waals surface area contributed by atoms with Crippen LogP contribution < -0.4 is 0 Å². The molecule has 0 aliphatic carbocycles. The molecule has 4 heteroatoms. The zero-order chi connectivity index (χ0) is 18.6. The van der Waals surface area contributed by atoms with Crippen molar-refractivity contribution >= 4 is 22.4 Å². The van der Waals surface area contributed by atoms with Gasteiger partial charge in [-0.1, -0.05) is 42.5 Å². The van der Waals surface area contributed by atoms with E-state index in [1.54, 1.807) is 0 Å². The molecule has 0 aromatic heterocycles. The van der Waals surface area contributed by atoms with Crippen molar-refractivity contribution in [2.45, 2.75) is 30.1 Å². The molecule has 3 aromatic carbocycles. The van der Waals surface area contributed by atoms with Crippen molar-refractivity contribution in [2.75, 3.05) is 19.6 Å². The molecule has 4 rings (SSSR count). The number of fused-ring (bicyclic) bond motifs is 1. The summed E-state index contributed by atoms with van der Waals surface area (Å²) in [5.74, 6) is 0.273. The number of benzene rings is 3. The molecule has 0 N–H and O–H groups in total. The Morgan fingerprint density at radius 1 is 0.963 bits per heavy atom. The summed E-state index contributed by atoms with van der Waals surface area (Å²) in [6, 6.07) is 19.2. The van der Waals surface area contributed by atoms with Gasteiger partial charge in [0.05, 0.1) is 5.39 Å². The maximum Gasteiger partial charge on any atom is 0.506 e. The van der Waals surface area contributed by atoms with Gasteiger partial charge in [0.2, 0.25) is 0 Å². The summed E-state index contributed by atoms with van der Waals surface area (Å²) in [6.45, 7) is 3.09. The van der Waals surface area contributed by atoms with Crippen molar-refractivity contribution in [3.05, 3.63) is 77.6 Å². The van der Waals surface area contributed by atoms with Gasteiger partial charge in [-0.2, -0.15) is 0 Å². The molecule has 1 aliphatic rings. The Morgan fingerprint density at radius 2 is 1.70 bits per heavy atom.